The summed E-state index contributed by atoms with van der Waals surface area (Å²) < 4.78 is 5.20. The number of nitrogens with zero attached hydrogens (tertiary/aromatic N) is 1. The van der Waals surface area contributed by atoms with E-state index in [0.717, 1.165) is 0 Å². The van der Waals surface area contributed by atoms with E-state index in [1.54, 1.807) is 13.1 Å². The first-order valence-electron chi connectivity index (χ1n) is 5.27. The van der Waals surface area contributed by atoms with Crippen molar-refractivity contribution in [3.05, 3.63) is 23.8 Å². The molecule has 1 aliphatic rings. The monoisotopic (exact) mass is 249 g/mol. The van der Waals surface area contributed by atoms with Gasteiger partial charge in [-0.25, -0.2) is 0 Å². The molecule has 6 heteroatoms. The second-order valence-electron chi connectivity index (χ2n) is 3.92. The third-order valence-corrected chi connectivity index (χ3v) is 2.68. The van der Waals surface area contributed by atoms with Crippen LogP contribution in [-0.4, -0.2) is 36.4 Å². The number of likely N-dealkylation sites (N-methyl/N-ethyl adjacent to an activating group) is 1. The lowest BCUT2D eigenvalue weighted by atomic mass is 10.1. The largest absolute Gasteiger partial charge is 0.482 e. The molecule has 0 fully saturated rings. The molecule has 1 aliphatic heterocycles. The van der Waals surface area contributed by atoms with Crippen molar-refractivity contribution in [1.29, 1.82) is 0 Å². The Hall–Kier alpha value is -2.37. The van der Waals surface area contributed by atoms with Crippen molar-refractivity contribution < 1.29 is 24.2 Å². The van der Waals surface area contributed by atoms with E-state index in [0.29, 0.717) is 11.4 Å². The number of aliphatic carboxylic acids is 1. The number of fused-ring (bicyclic) bond motifs is 1. The fraction of sp³-hybridized carbons (Fsp3) is 0.250. The zero-order valence-electron chi connectivity index (χ0n) is 9.67. The number of rotatable bonds is 3. The fourth-order valence-corrected chi connectivity index (χ4v) is 1.69. The Morgan fingerprint density at radius 1 is 1.44 bits per heavy atom. The number of hydrogen-bond donors (Lipinski definition) is 1. The summed E-state index contributed by atoms with van der Waals surface area (Å²) in [5, 5.41) is 8.57. The van der Waals surface area contributed by atoms with Gasteiger partial charge < -0.3 is 14.7 Å². The normalized spacial score (nSPS) is 13.8. The standard InChI is InChI=1S/C12H11NO5/c1-13-8-4-7(9(14)5-12(16)17)2-3-10(8)18-6-11(13)15/h2-4H,5-6H2,1H3,(H,16,17). The number of benzene rings is 1. The van der Waals surface area contributed by atoms with E-state index in [9.17, 15) is 14.4 Å². The van der Waals surface area contributed by atoms with Crippen LogP contribution in [0.2, 0.25) is 0 Å². The predicted octanol–water partition coefficient (Wildman–Crippen LogP) is 0.699. The Morgan fingerprint density at radius 2 is 2.17 bits per heavy atom. The molecule has 0 radical (unpaired) electrons. The van der Waals surface area contributed by atoms with Gasteiger partial charge >= 0.3 is 5.97 Å². The van der Waals surface area contributed by atoms with E-state index >= 15 is 0 Å². The molecule has 1 N–H and O–H groups in total. The summed E-state index contributed by atoms with van der Waals surface area (Å²) in [4.78, 5) is 34.9. The molecule has 0 aliphatic carbocycles. The van der Waals surface area contributed by atoms with Gasteiger partial charge in [0.15, 0.2) is 12.4 Å². The van der Waals surface area contributed by atoms with Crippen molar-refractivity contribution in [1.82, 2.24) is 0 Å². The van der Waals surface area contributed by atoms with E-state index in [-0.39, 0.29) is 18.1 Å². The number of anilines is 1. The molecule has 0 unspecified atom stereocenters. The molecule has 1 aromatic rings. The van der Waals surface area contributed by atoms with E-state index < -0.39 is 18.2 Å². The molecule has 2 rings (SSSR count). The quantitative estimate of drug-likeness (QED) is 0.629. The Kier molecular flexibility index (Phi) is 3.01. The smallest absolute Gasteiger partial charge is 0.311 e. The lowest BCUT2D eigenvalue weighted by Gasteiger charge is -2.26. The number of ether oxygens (including phenoxy) is 1. The molecule has 18 heavy (non-hydrogen) atoms. The molecule has 1 aromatic carbocycles. The highest BCUT2D eigenvalue weighted by Crippen LogP contribution is 2.32. The molecule has 0 saturated heterocycles. The lowest BCUT2D eigenvalue weighted by molar-refractivity contribution is -0.136. The van der Waals surface area contributed by atoms with Crippen LogP contribution < -0.4 is 9.64 Å². The topological polar surface area (TPSA) is 83.9 Å². The maximum atomic E-state index is 11.6. The highest BCUT2D eigenvalue weighted by Gasteiger charge is 2.23. The molecule has 0 aromatic heterocycles. The fourth-order valence-electron chi connectivity index (χ4n) is 1.69. The highest BCUT2D eigenvalue weighted by molar-refractivity contribution is 6.07. The zero-order chi connectivity index (χ0) is 13.3. The van der Waals surface area contributed by atoms with Crippen molar-refractivity contribution >= 4 is 23.3 Å². The molecule has 0 spiro atoms. The number of amides is 1. The van der Waals surface area contributed by atoms with E-state index in [2.05, 4.69) is 0 Å². The van der Waals surface area contributed by atoms with E-state index in [1.807, 2.05) is 0 Å². The second kappa shape index (κ2) is 4.48. The van der Waals surface area contributed by atoms with Gasteiger partial charge in [-0.15, -0.1) is 0 Å². The molecule has 6 nitrogen and oxygen atoms in total. The first kappa shape index (κ1) is 12.1. The van der Waals surface area contributed by atoms with Gasteiger partial charge in [0.25, 0.3) is 5.91 Å². The van der Waals surface area contributed by atoms with Crippen molar-refractivity contribution in [2.75, 3.05) is 18.6 Å². The van der Waals surface area contributed by atoms with Gasteiger partial charge in [-0.1, -0.05) is 0 Å². The number of carboxylic acid groups (broad SMARTS) is 1. The average molecular weight is 249 g/mol. The van der Waals surface area contributed by atoms with Gasteiger partial charge in [0.2, 0.25) is 0 Å². The van der Waals surface area contributed by atoms with Gasteiger partial charge in [-0.2, -0.15) is 0 Å². The minimum atomic E-state index is -1.18. The summed E-state index contributed by atoms with van der Waals surface area (Å²) in [5.41, 5.74) is 0.726. The van der Waals surface area contributed by atoms with Crippen LogP contribution in [0.5, 0.6) is 5.75 Å². The van der Waals surface area contributed by atoms with Crippen molar-refractivity contribution in [3.8, 4) is 5.75 Å². The molecule has 0 saturated carbocycles. The van der Waals surface area contributed by atoms with Gasteiger partial charge in [0, 0.05) is 12.6 Å². The maximum absolute atomic E-state index is 11.6. The molecule has 1 heterocycles. The summed E-state index contributed by atoms with van der Waals surface area (Å²) in [6.45, 7) is -0.0358. The van der Waals surface area contributed by atoms with Gasteiger partial charge in [-0.05, 0) is 18.2 Å². The van der Waals surface area contributed by atoms with Crippen LogP contribution in [0.4, 0.5) is 5.69 Å². The van der Waals surface area contributed by atoms with Crippen molar-refractivity contribution in [2.45, 2.75) is 6.42 Å². The lowest BCUT2D eigenvalue weighted by Crippen LogP contribution is -2.35. The van der Waals surface area contributed by atoms with Gasteiger partial charge in [-0.3, -0.25) is 14.4 Å². The number of carbonyl (C=O) groups is 3. The Balaban J connectivity index is 2.34. The van der Waals surface area contributed by atoms with Crippen LogP contribution in [0, 0.1) is 0 Å². The Morgan fingerprint density at radius 3 is 2.83 bits per heavy atom. The summed E-state index contributed by atoms with van der Waals surface area (Å²) in [6, 6.07) is 4.53. The number of carboxylic acids is 1. The number of Topliss-reactive ketones (excluding diaryl/α,β-unsaturated/α-hetero) is 1. The Bertz CT molecular complexity index is 537. The summed E-state index contributed by atoms with van der Waals surface area (Å²) in [5.74, 6) is -1.40. The van der Waals surface area contributed by atoms with Gasteiger partial charge in [0.05, 0.1) is 5.69 Å². The summed E-state index contributed by atoms with van der Waals surface area (Å²) in [6.07, 6.45) is -0.572. The van der Waals surface area contributed by atoms with Crippen LogP contribution >= 0.6 is 0 Å². The number of carbonyl (C=O) groups excluding carboxylic acids is 2. The third kappa shape index (κ3) is 2.17. The minimum absolute atomic E-state index is 0.0358. The average Bonchev–Trinajstić information content (AvgIpc) is 2.33. The molecular weight excluding hydrogens is 238 g/mol. The third-order valence-electron chi connectivity index (χ3n) is 2.68. The number of ketones is 1. The minimum Gasteiger partial charge on any atom is -0.482 e. The van der Waals surface area contributed by atoms with Crippen molar-refractivity contribution in [3.63, 3.8) is 0 Å². The summed E-state index contributed by atoms with van der Waals surface area (Å²) >= 11 is 0. The van der Waals surface area contributed by atoms with Crippen LogP contribution in [0.15, 0.2) is 18.2 Å². The zero-order valence-corrected chi connectivity index (χ0v) is 9.67. The second-order valence-corrected chi connectivity index (χ2v) is 3.92. The van der Waals surface area contributed by atoms with Crippen LogP contribution in [-0.2, 0) is 9.59 Å². The molecular formula is C12H11NO5. The highest BCUT2D eigenvalue weighted by atomic mass is 16.5. The summed E-state index contributed by atoms with van der Waals surface area (Å²) in [7, 11) is 1.58. The maximum Gasteiger partial charge on any atom is 0.311 e. The van der Waals surface area contributed by atoms with Gasteiger partial charge in [0.1, 0.15) is 12.2 Å². The first-order chi connectivity index (χ1) is 8.49. The first-order valence-corrected chi connectivity index (χ1v) is 5.27. The SMILES string of the molecule is CN1C(=O)COc2ccc(C(=O)CC(=O)O)cc21. The molecule has 94 valence electrons. The predicted molar refractivity (Wildman–Crippen MR) is 61.9 cm³/mol. The van der Waals surface area contributed by atoms with Crippen LogP contribution in [0.25, 0.3) is 0 Å². The Labute approximate surface area is 103 Å². The van der Waals surface area contributed by atoms with Crippen LogP contribution in [0.3, 0.4) is 0 Å². The van der Waals surface area contributed by atoms with E-state index in [1.165, 1.54) is 17.0 Å². The molecule has 0 atom stereocenters. The van der Waals surface area contributed by atoms with Crippen LogP contribution in [0.1, 0.15) is 16.8 Å². The molecule has 1 amide bonds. The van der Waals surface area contributed by atoms with E-state index in [4.69, 9.17) is 9.84 Å². The molecule has 0 bridgehead atoms. The number of hydrogen-bond acceptors (Lipinski definition) is 4. The van der Waals surface area contributed by atoms with Crippen molar-refractivity contribution in [2.24, 2.45) is 0 Å².